The molecule has 0 saturated carbocycles. The van der Waals surface area contributed by atoms with Gasteiger partial charge in [0.25, 0.3) is 0 Å². The van der Waals surface area contributed by atoms with Crippen LogP contribution in [0.1, 0.15) is 33.2 Å². The van der Waals surface area contributed by atoms with Crippen LogP contribution in [0.4, 0.5) is 0 Å². The number of fused-ring (bicyclic) bond motifs is 3. The molecule has 4 heteroatoms. The molecule has 1 aliphatic rings. The minimum atomic E-state index is -1.14. The highest BCUT2D eigenvalue weighted by Crippen LogP contribution is 2.26. The first-order valence-corrected chi connectivity index (χ1v) is 7.64. The second kappa shape index (κ2) is 5.41. The van der Waals surface area contributed by atoms with Crippen molar-refractivity contribution < 1.29 is 15.2 Å². The lowest BCUT2D eigenvalue weighted by Gasteiger charge is -2.15. The van der Waals surface area contributed by atoms with Crippen molar-refractivity contribution in [3.63, 3.8) is 0 Å². The zero-order valence-corrected chi connectivity index (χ0v) is 12.5. The molecule has 2 aromatic carbocycles. The number of benzene rings is 2. The average molecular weight is 304 g/mol. The summed E-state index contributed by atoms with van der Waals surface area (Å²) in [7, 11) is 0. The molecule has 1 aliphatic heterocycles. The molecule has 0 spiro atoms. The van der Waals surface area contributed by atoms with E-state index in [1.54, 1.807) is 12.1 Å². The van der Waals surface area contributed by atoms with Gasteiger partial charge in [-0.05, 0) is 23.8 Å². The van der Waals surface area contributed by atoms with Crippen LogP contribution in [0.2, 0.25) is 0 Å². The van der Waals surface area contributed by atoms with Crippen molar-refractivity contribution in [2.24, 2.45) is 0 Å². The molecule has 2 N–H and O–H groups in total. The predicted molar refractivity (Wildman–Crippen MR) is 84.0 cm³/mol. The standard InChI is InChI=1S/C19H16N2O2/c22-19(23)14-9-7-13(8-10-14)18-17-6-3-11-21(17)16-5-2-1-4-15(16)12-20-18/h1-11,18,20H,12H2,(H,22,23)/t18-/m0/s1. The molecule has 0 aliphatic carbocycles. The molecule has 1 aromatic heterocycles. The third-order valence-electron chi connectivity index (χ3n) is 4.43. The molecule has 0 amide bonds. The third kappa shape index (κ3) is 2.33. The number of rotatable bonds is 2. The van der Waals surface area contributed by atoms with Gasteiger partial charge in [-0.25, -0.2) is 0 Å². The van der Waals surface area contributed by atoms with E-state index in [-0.39, 0.29) is 11.6 Å². The van der Waals surface area contributed by atoms with Crippen LogP contribution in [0.5, 0.6) is 0 Å². The van der Waals surface area contributed by atoms with E-state index in [0.717, 1.165) is 12.1 Å². The average Bonchev–Trinajstić information content (AvgIpc) is 2.99. The number of hydrogen-bond acceptors (Lipinski definition) is 2. The van der Waals surface area contributed by atoms with Gasteiger partial charge in [-0.2, -0.15) is 0 Å². The molecular weight excluding hydrogens is 288 g/mol. The summed E-state index contributed by atoms with van der Waals surface area (Å²) in [5.41, 5.74) is 4.98. The largest absolute Gasteiger partial charge is 0.545 e. The molecule has 4 rings (SSSR count). The summed E-state index contributed by atoms with van der Waals surface area (Å²) in [4.78, 5) is 10.9. The summed E-state index contributed by atoms with van der Waals surface area (Å²) in [6.45, 7) is 0.880. The van der Waals surface area contributed by atoms with Gasteiger partial charge in [-0.1, -0.05) is 42.5 Å². The monoisotopic (exact) mass is 304 g/mol. The number of para-hydroxylation sites is 1. The van der Waals surface area contributed by atoms with Gasteiger partial charge in [-0.15, -0.1) is 0 Å². The van der Waals surface area contributed by atoms with Gasteiger partial charge in [0.15, 0.2) is 6.04 Å². The Labute approximate surface area is 134 Å². The van der Waals surface area contributed by atoms with Crippen LogP contribution >= 0.6 is 0 Å². The number of nitrogens with two attached hydrogens (primary N) is 1. The maximum absolute atomic E-state index is 10.9. The van der Waals surface area contributed by atoms with Crippen molar-refractivity contribution in [3.05, 3.63) is 89.2 Å². The lowest BCUT2D eigenvalue weighted by molar-refractivity contribution is -0.702. The van der Waals surface area contributed by atoms with Crippen molar-refractivity contribution in [2.45, 2.75) is 12.6 Å². The minimum Gasteiger partial charge on any atom is -0.545 e. The van der Waals surface area contributed by atoms with Crippen LogP contribution in [0.3, 0.4) is 0 Å². The zero-order valence-electron chi connectivity index (χ0n) is 12.5. The van der Waals surface area contributed by atoms with Gasteiger partial charge in [-0.3, -0.25) is 0 Å². The number of nitrogens with zero attached hydrogens (tertiary/aromatic N) is 1. The van der Waals surface area contributed by atoms with E-state index < -0.39 is 5.97 Å². The third-order valence-corrected chi connectivity index (χ3v) is 4.43. The van der Waals surface area contributed by atoms with E-state index in [9.17, 15) is 9.90 Å². The number of hydrogen-bond donors (Lipinski definition) is 1. The van der Waals surface area contributed by atoms with Crippen LogP contribution in [0.25, 0.3) is 5.69 Å². The van der Waals surface area contributed by atoms with E-state index in [1.807, 2.05) is 18.2 Å². The summed E-state index contributed by atoms with van der Waals surface area (Å²) < 4.78 is 2.22. The van der Waals surface area contributed by atoms with Crippen LogP contribution in [-0.4, -0.2) is 10.5 Å². The van der Waals surface area contributed by atoms with Gasteiger partial charge in [0, 0.05) is 17.3 Å². The highest BCUT2D eigenvalue weighted by Gasteiger charge is 2.25. The molecule has 0 fully saturated rings. The Balaban J connectivity index is 1.79. The van der Waals surface area contributed by atoms with E-state index in [2.05, 4.69) is 46.4 Å². The summed E-state index contributed by atoms with van der Waals surface area (Å²) in [6.07, 6.45) is 2.08. The lowest BCUT2D eigenvalue weighted by atomic mass is 10.0. The molecule has 3 aromatic rings. The van der Waals surface area contributed by atoms with Crippen molar-refractivity contribution in [3.8, 4) is 5.69 Å². The minimum absolute atomic E-state index is 0.133. The van der Waals surface area contributed by atoms with Gasteiger partial charge >= 0.3 is 0 Å². The summed E-state index contributed by atoms with van der Waals surface area (Å²) >= 11 is 0. The van der Waals surface area contributed by atoms with Crippen molar-refractivity contribution in [2.75, 3.05) is 0 Å². The maximum Gasteiger partial charge on any atom is 0.153 e. The number of carbonyl (C=O) groups excluding carboxylic acids is 1. The number of quaternary nitrogens is 1. The molecule has 114 valence electrons. The highest BCUT2D eigenvalue weighted by atomic mass is 16.4. The van der Waals surface area contributed by atoms with E-state index >= 15 is 0 Å². The maximum atomic E-state index is 10.9. The van der Waals surface area contributed by atoms with Gasteiger partial charge in [0.05, 0.1) is 17.4 Å². The van der Waals surface area contributed by atoms with Gasteiger partial charge in [0.2, 0.25) is 0 Å². The van der Waals surface area contributed by atoms with Crippen molar-refractivity contribution >= 4 is 5.97 Å². The number of aromatic carboxylic acids is 1. The molecule has 23 heavy (non-hydrogen) atoms. The topological polar surface area (TPSA) is 61.7 Å². The highest BCUT2D eigenvalue weighted by molar-refractivity contribution is 5.85. The zero-order chi connectivity index (χ0) is 15.8. The molecule has 2 heterocycles. The van der Waals surface area contributed by atoms with Crippen molar-refractivity contribution in [1.29, 1.82) is 0 Å². The van der Waals surface area contributed by atoms with Crippen molar-refractivity contribution in [1.82, 2.24) is 4.57 Å². The Morgan fingerprint density at radius 2 is 1.83 bits per heavy atom. The fraction of sp³-hybridized carbons (Fsp3) is 0.105. The van der Waals surface area contributed by atoms with E-state index in [0.29, 0.717) is 0 Å². The molecule has 4 nitrogen and oxygen atoms in total. The first-order chi connectivity index (χ1) is 11.2. The van der Waals surface area contributed by atoms with Crippen LogP contribution < -0.4 is 10.4 Å². The van der Waals surface area contributed by atoms with Crippen LogP contribution in [-0.2, 0) is 6.54 Å². The fourth-order valence-corrected chi connectivity index (χ4v) is 3.28. The normalized spacial score (nSPS) is 16.3. The molecule has 0 saturated heterocycles. The van der Waals surface area contributed by atoms with E-state index in [1.165, 1.54) is 16.9 Å². The second-order valence-electron chi connectivity index (χ2n) is 5.76. The smallest absolute Gasteiger partial charge is 0.153 e. The van der Waals surface area contributed by atoms with Crippen LogP contribution in [0, 0.1) is 0 Å². The number of aromatic nitrogens is 1. The first-order valence-electron chi connectivity index (χ1n) is 7.64. The van der Waals surface area contributed by atoms with Gasteiger partial charge in [0.1, 0.15) is 6.54 Å². The fourth-order valence-electron chi connectivity index (χ4n) is 3.28. The molecule has 0 unspecified atom stereocenters. The Morgan fingerprint density at radius 3 is 2.61 bits per heavy atom. The molecular formula is C19H16N2O2. The summed E-state index contributed by atoms with van der Waals surface area (Å²) in [5, 5.41) is 13.2. The second-order valence-corrected chi connectivity index (χ2v) is 5.76. The van der Waals surface area contributed by atoms with E-state index in [4.69, 9.17) is 0 Å². The summed E-state index contributed by atoms with van der Waals surface area (Å²) in [5.74, 6) is -1.14. The molecule has 0 bridgehead atoms. The number of carbonyl (C=O) groups is 1. The Morgan fingerprint density at radius 1 is 1.04 bits per heavy atom. The number of carboxylic acid groups (broad SMARTS) is 1. The summed E-state index contributed by atoms with van der Waals surface area (Å²) in [6, 6.07) is 19.7. The number of carboxylic acids is 1. The first kappa shape index (κ1) is 13.8. The lowest BCUT2D eigenvalue weighted by Crippen LogP contribution is -2.83. The quantitative estimate of drug-likeness (QED) is 0.768. The van der Waals surface area contributed by atoms with Crippen LogP contribution in [0.15, 0.2) is 66.9 Å². The predicted octanol–water partition coefficient (Wildman–Crippen LogP) is 1.01. The Bertz CT molecular complexity index is 865. The SMILES string of the molecule is O=C([O-])c1ccc([C@@H]2[NH2+]Cc3ccccc3-n3cccc32)cc1. The van der Waals surface area contributed by atoms with Gasteiger partial charge < -0.3 is 19.8 Å². The molecule has 0 radical (unpaired) electrons. The Hall–Kier alpha value is -2.85. The molecule has 1 atom stereocenters. The Kier molecular flexibility index (Phi) is 3.24.